The minimum Gasteiger partial charge on any atom is -0.308 e. The van der Waals surface area contributed by atoms with Gasteiger partial charge in [-0.15, -0.1) is 0 Å². The van der Waals surface area contributed by atoms with Crippen LogP contribution in [0.4, 0.5) is 0 Å². The Labute approximate surface area is 152 Å². The summed E-state index contributed by atoms with van der Waals surface area (Å²) in [5.74, 6) is 1.12. The van der Waals surface area contributed by atoms with Crippen molar-refractivity contribution in [2.24, 2.45) is 5.92 Å². The minimum atomic E-state index is 0.108. The predicted molar refractivity (Wildman–Crippen MR) is 99.1 cm³/mol. The van der Waals surface area contributed by atoms with Crippen LogP contribution in [0.2, 0.25) is 0 Å². The van der Waals surface area contributed by atoms with E-state index in [-0.39, 0.29) is 17.4 Å². The van der Waals surface area contributed by atoms with Crippen LogP contribution in [0.1, 0.15) is 46.5 Å². The first-order valence-electron chi connectivity index (χ1n) is 9.62. The smallest absolute Gasteiger partial charge is 0.169 e. The van der Waals surface area contributed by atoms with E-state index in [0.717, 1.165) is 32.1 Å². The molecule has 5 heteroatoms. The number of nitrogens with zero attached hydrogens (tertiary/aromatic N) is 3. The Morgan fingerprint density at radius 3 is 2.60 bits per heavy atom. The number of ketones is 1. The van der Waals surface area contributed by atoms with Crippen LogP contribution in [0.5, 0.6) is 0 Å². The van der Waals surface area contributed by atoms with Crippen LogP contribution < -0.4 is 5.32 Å². The molecule has 4 fully saturated rings. The summed E-state index contributed by atoms with van der Waals surface area (Å²) in [5.41, 5.74) is 0.524. The maximum absolute atomic E-state index is 12.3. The number of nitrogens with one attached hydrogen (secondary N) is 1. The van der Waals surface area contributed by atoms with Crippen LogP contribution in [0.3, 0.4) is 0 Å². The number of carbonyl (C=O) groups is 1. The summed E-state index contributed by atoms with van der Waals surface area (Å²) < 4.78 is 0. The van der Waals surface area contributed by atoms with Gasteiger partial charge in [-0.05, 0) is 52.0 Å². The molecule has 4 rings (SSSR count). The van der Waals surface area contributed by atoms with Crippen molar-refractivity contribution in [1.82, 2.24) is 15.1 Å². The number of nitriles is 1. The Bertz CT molecular complexity index is 554. The Hall–Kier alpha value is -1.22. The molecular weight excluding hydrogens is 312 g/mol. The molecule has 3 saturated carbocycles. The van der Waals surface area contributed by atoms with E-state index < -0.39 is 0 Å². The van der Waals surface area contributed by atoms with Gasteiger partial charge in [0, 0.05) is 43.3 Å². The van der Waals surface area contributed by atoms with E-state index in [0.29, 0.717) is 18.5 Å². The van der Waals surface area contributed by atoms with Crippen molar-refractivity contribution in [3.05, 3.63) is 12.2 Å². The van der Waals surface area contributed by atoms with E-state index >= 15 is 0 Å². The summed E-state index contributed by atoms with van der Waals surface area (Å²) >= 11 is 0. The van der Waals surface area contributed by atoms with E-state index in [4.69, 9.17) is 5.26 Å². The standard InChI is InChI=1S/C20H32N4O/c1-19(2,3)24-10-9-23(17(14-24)6-7-21)15-18(25)5-4-8-22-20-11-16(12-20)13-20/h4-5,16-17,22H,6,8-15H2,1-3H3/b5-4+. The maximum atomic E-state index is 12.3. The normalized spacial score (nSPS) is 32.9. The first-order valence-corrected chi connectivity index (χ1v) is 9.62. The monoisotopic (exact) mass is 344 g/mol. The van der Waals surface area contributed by atoms with Crippen molar-refractivity contribution in [2.75, 3.05) is 32.7 Å². The fraction of sp³-hybridized carbons (Fsp3) is 0.800. The zero-order valence-electron chi connectivity index (χ0n) is 15.9. The third-order valence-electron chi connectivity index (χ3n) is 6.18. The lowest BCUT2D eigenvalue weighted by molar-refractivity contribution is -0.117. The van der Waals surface area contributed by atoms with Crippen LogP contribution in [0, 0.1) is 17.2 Å². The molecule has 1 atom stereocenters. The molecule has 0 aromatic rings. The SMILES string of the molecule is CC(C)(C)N1CCN(CC(=O)/C=C/CNC23CC(C2)C3)C(CC#N)C1. The van der Waals surface area contributed by atoms with Gasteiger partial charge in [0.15, 0.2) is 5.78 Å². The lowest BCUT2D eigenvalue weighted by Gasteiger charge is -2.62. The Kier molecular flexibility index (Phi) is 5.34. The molecule has 0 aromatic carbocycles. The van der Waals surface area contributed by atoms with Crippen LogP contribution in [0.25, 0.3) is 0 Å². The Balaban J connectivity index is 1.44. The molecule has 3 aliphatic carbocycles. The second kappa shape index (κ2) is 7.19. The molecule has 0 radical (unpaired) electrons. The van der Waals surface area contributed by atoms with Crippen molar-refractivity contribution >= 4 is 5.78 Å². The highest BCUT2D eigenvalue weighted by molar-refractivity contribution is 5.91. The summed E-state index contributed by atoms with van der Waals surface area (Å²) in [6, 6.07) is 2.44. The minimum absolute atomic E-state index is 0.108. The third-order valence-corrected chi connectivity index (χ3v) is 6.18. The molecule has 0 aromatic heterocycles. The summed E-state index contributed by atoms with van der Waals surface area (Å²) in [5, 5.41) is 12.7. The average molecular weight is 345 g/mol. The molecule has 25 heavy (non-hydrogen) atoms. The molecule has 0 amide bonds. The topological polar surface area (TPSA) is 59.4 Å². The largest absolute Gasteiger partial charge is 0.308 e. The molecule has 0 spiro atoms. The molecule has 138 valence electrons. The van der Waals surface area contributed by atoms with E-state index in [1.165, 1.54) is 19.3 Å². The molecule has 5 nitrogen and oxygen atoms in total. The highest BCUT2D eigenvalue weighted by Gasteiger charge is 2.55. The van der Waals surface area contributed by atoms with Crippen LogP contribution in [-0.2, 0) is 4.79 Å². The number of carbonyl (C=O) groups excluding carboxylic acids is 1. The van der Waals surface area contributed by atoms with E-state index in [1.54, 1.807) is 6.08 Å². The molecule has 1 N–H and O–H groups in total. The average Bonchev–Trinajstić information content (AvgIpc) is 2.44. The van der Waals surface area contributed by atoms with Gasteiger partial charge in [0.25, 0.3) is 0 Å². The molecular formula is C20H32N4O. The molecule has 2 bridgehead atoms. The zero-order valence-corrected chi connectivity index (χ0v) is 15.9. The van der Waals surface area contributed by atoms with Gasteiger partial charge < -0.3 is 5.32 Å². The fourth-order valence-electron chi connectivity index (χ4n) is 4.42. The lowest BCUT2D eigenvalue weighted by Crippen LogP contribution is -2.66. The first kappa shape index (κ1) is 18.6. The predicted octanol–water partition coefficient (Wildman–Crippen LogP) is 1.95. The van der Waals surface area contributed by atoms with Gasteiger partial charge in [-0.1, -0.05) is 6.08 Å². The Morgan fingerprint density at radius 1 is 1.32 bits per heavy atom. The highest BCUT2D eigenvalue weighted by atomic mass is 16.1. The summed E-state index contributed by atoms with van der Waals surface area (Å²) in [6.45, 7) is 10.5. The number of hydrogen-bond acceptors (Lipinski definition) is 5. The van der Waals surface area contributed by atoms with Crippen LogP contribution >= 0.6 is 0 Å². The van der Waals surface area contributed by atoms with Crippen LogP contribution in [-0.4, -0.2) is 65.4 Å². The Morgan fingerprint density at radius 2 is 2.04 bits per heavy atom. The molecule has 1 unspecified atom stereocenters. The molecule has 1 saturated heterocycles. The van der Waals surface area contributed by atoms with Gasteiger partial charge in [-0.25, -0.2) is 0 Å². The summed E-state index contributed by atoms with van der Waals surface area (Å²) in [6.07, 6.45) is 8.13. The maximum Gasteiger partial charge on any atom is 0.169 e. The number of hydrogen-bond donors (Lipinski definition) is 1. The number of rotatable bonds is 7. The molecule has 4 aliphatic rings. The van der Waals surface area contributed by atoms with Gasteiger partial charge in [0.05, 0.1) is 19.0 Å². The van der Waals surface area contributed by atoms with Gasteiger partial charge in [0.2, 0.25) is 0 Å². The second-order valence-electron chi connectivity index (χ2n) is 9.11. The van der Waals surface area contributed by atoms with Crippen molar-refractivity contribution in [3.63, 3.8) is 0 Å². The van der Waals surface area contributed by atoms with Crippen molar-refractivity contribution in [2.45, 2.75) is 63.6 Å². The quantitative estimate of drug-likeness (QED) is 0.716. The zero-order chi connectivity index (χ0) is 18.1. The van der Waals surface area contributed by atoms with Gasteiger partial charge in [-0.2, -0.15) is 5.26 Å². The van der Waals surface area contributed by atoms with Crippen molar-refractivity contribution < 1.29 is 4.79 Å². The lowest BCUT2D eigenvalue weighted by atomic mass is 9.50. The van der Waals surface area contributed by atoms with E-state index in [2.05, 4.69) is 42.0 Å². The third kappa shape index (κ3) is 4.31. The van der Waals surface area contributed by atoms with Crippen molar-refractivity contribution in [1.29, 1.82) is 5.26 Å². The van der Waals surface area contributed by atoms with E-state index in [9.17, 15) is 4.79 Å². The fourth-order valence-corrected chi connectivity index (χ4v) is 4.42. The summed E-state index contributed by atoms with van der Waals surface area (Å²) in [7, 11) is 0. The van der Waals surface area contributed by atoms with Crippen LogP contribution in [0.15, 0.2) is 12.2 Å². The van der Waals surface area contributed by atoms with Gasteiger partial charge >= 0.3 is 0 Å². The second-order valence-corrected chi connectivity index (χ2v) is 9.11. The van der Waals surface area contributed by atoms with Crippen molar-refractivity contribution in [3.8, 4) is 6.07 Å². The molecule has 1 heterocycles. The number of piperazine rings is 1. The molecule has 1 aliphatic heterocycles. The van der Waals surface area contributed by atoms with Gasteiger partial charge in [0.1, 0.15) is 0 Å². The first-order chi connectivity index (χ1) is 11.8. The van der Waals surface area contributed by atoms with Gasteiger partial charge in [-0.3, -0.25) is 14.6 Å². The van der Waals surface area contributed by atoms with E-state index in [1.807, 2.05) is 6.08 Å². The highest BCUT2D eigenvalue weighted by Crippen LogP contribution is 2.56. The summed E-state index contributed by atoms with van der Waals surface area (Å²) in [4.78, 5) is 16.9.